The fourth-order valence-corrected chi connectivity index (χ4v) is 2.73. The van der Waals surface area contributed by atoms with Crippen LogP contribution < -0.4 is 10.6 Å². The van der Waals surface area contributed by atoms with Crippen molar-refractivity contribution in [1.82, 2.24) is 24.5 Å². The molecule has 26 heavy (non-hydrogen) atoms. The molecule has 1 aromatic carbocycles. The summed E-state index contributed by atoms with van der Waals surface area (Å²) in [6.45, 7) is 2.63. The molecule has 0 unspecified atom stereocenters. The zero-order valence-electron chi connectivity index (χ0n) is 14.6. The lowest BCUT2D eigenvalue weighted by atomic mass is 10.3. The number of fused-ring (bicyclic) bond motifs is 1. The lowest BCUT2D eigenvalue weighted by Crippen LogP contribution is -2.08. The van der Waals surface area contributed by atoms with E-state index in [4.69, 9.17) is 0 Å². The average Bonchev–Trinajstić information content (AvgIpc) is 2.99. The summed E-state index contributed by atoms with van der Waals surface area (Å²) in [7, 11) is 1.97. The molecule has 0 bridgehead atoms. The molecule has 0 saturated heterocycles. The minimum absolute atomic E-state index is 0.502. The first-order valence-corrected chi connectivity index (χ1v) is 8.35. The maximum absolute atomic E-state index is 4.60. The highest BCUT2D eigenvalue weighted by molar-refractivity contribution is 5.79. The van der Waals surface area contributed by atoms with Crippen LogP contribution in [0.5, 0.6) is 0 Å². The van der Waals surface area contributed by atoms with Gasteiger partial charge in [0.05, 0.1) is 11.0 Å². The third-order valence-corrected chi connectivity index (χ3v) is 4.17. The van der Waals surface area contributed by atoms with Crippen molar-refractivity contribution >= 4 is 28.7 Å². The van der Waals surface area contributed by atoms with E-state index >= 15 is 0 Å². The first kappa shape index (κ1) is 16.0. The van der Waals surface area contributed by atoms with Crippen molar-refractivity contribution in [3.8, 4) is 0 Å². The third kappa shape index (κ3) is 3.19. The average molecular weight is 345 g/mol. The maximum atomic E-state index is 4.60. The summed E-state index contributed by atoms with van der Waals surface area (Å²) in [4.78, 5) is 17.7. The standard InChI is InChI=1S/C19H19N7/c1-13-10-22-18(24-17(13)21-12-14-6-5-9-20-11-14)25-19-23-15-7-3-4-8-16(15)26(19)2/h3-11H,12H2,1-2H3,(H2,21,22,23,24,25). The number of aromatic nitrogens is 5. The Morgan fingerprint density at radius 2 is 1.92 bits per heavy atom. The Bertz CT molecular complexity index is 1040. The monoisotopic (exact) mass is 345 g/mol. The quantitative estimate of drug-likeness (QED) is 0.577. The van der Waals surface area contributed by atoms with Gasteiger partial charge in [0.2, 0.25) is 11.9 Å². The summed E-state index contributed by atoms with van der Waals surface area (Å²) in [6.07, 6.45) is 5.39. The molecule has 0 fully saturated rings. The molecule has 0 aliphatic carbocycles. The first-order chi connectivity index (χ1) is 12.7. The van der Waals surface area contributed by atoms with Gasteiger partial charge in [-0.25, -0.2) is 9.97 Å². The fraction of sp³-hybridized carbons (Fsp3) is 0.158. The molecule has 0 aliphatic rings. The van der Waals surface area contributed by atoms with E-state index in [0.29, 0.717) is 18.4 Å². The van der Waals surface area contributed by atoms with Crippen LogP contribution in [0.2, 0.25) is 0 Å². The number of rotatable bonds is 5. The summed E-state index contributed by atoms with van der Waals surface area (Å²) < 4.78 is 1.99. The predicted octanol–water partition coefficient (Wildman–Crippen LogP) is 3.42. The Hall–Kier alpha value is -3.48. The summed E-state index contributed by atoms with van der Waals surface area (Å²) in [5.74, 6) is 1.99. The molecule has 3 aromatic heterocycles. The number of para-hydroxylation sites is 2. The van der Waals surface area contributed by atoms with Crippen LogP contribution in [-0.2, 0) is 13.6 Å². The summed E-state index contributed by atoms with van der Waals surface area (Å²) in [6, 6.07) is 11.9. The van der Waals surface area contributed by atoms with Crippen LogP contribution in [-0.4, -0.2) is 24.5 Å². The van der Waals surface area contributed by atoms with Crippen LogP contribution in [0, 0.1) is 6.92 Å². The lowest BCUT2D eigenvalue weighted by Gasteiger charge is -2.10. The number of nitrogens with one attached hydrogen (secondary N) is 2. The molecule has 0 atom stereocenters. The number of aryl methyl sites for hydroxylation is 2. The second kappa shape index (κ2) is 6.79. The number of hydrogen-bond acceptors (Lipinski definition) is 6. The highest BCUT2D eigenvalue weighted by Gasteiger charge is 2.10. The van der Waals surface area contributed by atoms with E-state index in [1.807, 2.05) is 61.1 Å². The minimum Gasteiger partial charge on any atom is -0.366 e. The van der Waals surface area contributed by atoms with Crippen molar-refractivity contribution in [2.45, 2.75) is 13.5 Å². The van der Waals surface area contributed by atoms with Crippen LogP contribution in [0.4, 0.5) is 17.7 Å². The molecule has 0 radical (unpaired) electrons. The van der Waals surface area contributed by atoms with Crippen LogP contribution in [0.1, 0.15) is 11.1 Å². The van der Waals surface area contributed by atoms with Gasteiger partial charge in [-0.3, -0.25) is 10.3 Å². The molecule has 130 valence electrons. The molecule has 4 rings (SSSR count). The fourth-order valence-electron chi connectivity index (χ4n) is 2.73. The zero-order chi connectivity index (χ0) is 17.9. The number of hydrogen-bond donors (Lipinski definition) is 2. The molecule has 2 N–H and O–H groups in total. The van der Waals surface area contributed by atoms with Crippen LogP contribution in [0.3, 0.4) is 0 Å². The number of nitrogens with zero attached hydrogens (tertiary/aromatic N) is 5. The molecular weight excluding hydrogens is 326 g/mol. The molecule has 0 aliphatic heterocycles. The Labute approximate surface area is 151 Å². The van der Waals surface area contributed by atoms with Crippen LogP contribution in [0.25, 0.3) is 11.0 Å². The maximum Gasteiger partial charge on any atom is 0.231 e. The Morgan fingerprint density at radius 1 is 1.04 bits per heavy atom. The highest BCUT2D eigenvalue weighted by Crippen LogP contribution is 2.21. The van der Waals surface area contributed by atoms with E-state index in [-0.39, 0.29) is 0 Å². The number of imidazole rings is 1. The van der Waals surface area contributed by atoms with Crippen LogP contribution in [0.15, 0.2) is 55.0 Å². The second-order valence-corrected chi connectivity index (χ2v) is 6.05. The molecule has 0 saturated carbocycles. The Kier molecular flexibility index (Phi) is 4.18. The molecule has 0 spiro atoms. The van der Waals surface area contributed by atoms with Gasteiger partial charge in [0, 0.05) is 37.7 Å². The molecular formula is C19H19N7. The molecule has 0 amide bonds. The Morgan fingerprint density at radius 3 is 2.73 bits per heavy atom. The normalized spacial score (nSPS) is 10.8. The highest BCUT2D eigenvalue weighted by atomic mass is 15.3. The summed E-state index contributed by atoms with van der Waals surface area (Å²) in [5, 5.41) is 6.54. The summed E-state index contributed by atoms with van der Waals surface area (Å²) >= 11 is 0. The van der Waals surface area contributed by atoms with Gasteiger partial charge < -0.3 is 9.88 Å². The van der Waals surface area contributed by atoms with Crippen molar-refractivity contribution < 1.29 is 0 Å². The zero-order valence-corrected chi connectivity index (χ0v) is 14.6. The number of pyridine rings is 1. The second-order valence-electron chi connectivity index (χ2n) is 6.05. The van der Waals surface area contributed by atoms with Gasteiger partial charge >= 0.3 is 0 Å². The van der Waals surface area contributed by atoms with Gasteiger partial charge in [-0.05, 0) is 30.7 Å². The predicted molar refractivity (Wildman–Crippen MR) is 102 cm³/mol. The lowest BCUT2D eigenvalue weighted by molar-refractivity contribution is 0.948. The largest absolute Gasteiger partial charge is 0.366 e. The van der Waals surface area contributed by atoms with E-state index in [9.17, 15) is 0 Å². The van der Waals surface area contributed by atoms with Gasteiger partial charge in [0.1, 0.15) is 5.82 Å². The molecule has 4 aromatic rings. The van der Waals surface area contributed by atoms with Crippen LogP contribution >= 0.6 is 0 Å². The van der Waals surface area contributed by atoms with Gasteiger partial charge in [-0.2, -0.15) is 4.98 Å². The van der Waals surface area contributed by atoms with E-state index in [0.717, 1.165) is 28.0 Å². The van der Waals surface area contributed by atoms with E-state index < -0.39 is 0 Å². The first-order valence-electron chi connectivity index (χ1n) is 8.35. The molecule has 7 heteroatoms. The van der Waals surface area contributed by atoms with Gasteiger partial charge in [0.15, 0.2) is 0 Å². The van der Waals surface area contributed by atoms with Gasteiger partial charge in [-0.1, -0.05) is 18.2 Å². The molecule has 3 heterocycles. The van der Waals surface area contributed by atoms with Crippen molar-refractivity contribution in [2.75, 3.05) is 10.6 Å². The SMILES string of the molecule is Cc1cnc(Nc2nc3ccccc3n2C)nc1NCc1cccnc1. The third-order valence-electron chi connectivity index (χ3n) is 4.17. The van der Waals surface area contributed by atoms with E-state index in [2.05, 4.69) is 30.6 Å². The topological polar surface area (TPSA) is 80.5 Å². The van der Waals surface area contributed by atoms with E-state index in [1.54, 1.807) is 12.4 Å². The smallest absolute Gasteiger partial charge is 0.231 e. The van der Waals surface area contributed by atoms with E-state index in [1.165, 1.54) is 0 Å². The van der Waals surface area contributed by atoms with Crippen molar-refractivity contribution in [3.05, 3.63) is 66.1 Å². The Balaban J connectivity index is 1.56. The summed E-state index contributed by atoms with van der Waals surface area (Å²) in [5.41, 5.74) is 4.05. The van der Waals surface area contributed by atoms with Crippen molar-refractivity contribution in [3.63, 3.8) is 0 Å². The van der Waals surface area contributed by atoms with Crippen molar-refractivity contribution in [1.29, 1.82) is 0 Å². The number of benzene rings is 1. The van der Waals surface area contributed by atoms with Crippen molar-refractivity contribution in [2.24, 2.45) is 7.05 Å². The van der Waals surface area contributed by atoms with Gasteiger partial charge in [-0.15, -0.1) is 0 Å². The van der Waals surface area contributed by atoms with Gasteiger partial charge in [0.25, 0.3) is 0 Å². The number of anilines is 3. The molecule has 7 nitrogen and oxygen atoms in total. The minimum atomic E-state index is 0.502.